The van der Waals surface area contributed by atoms with Gasteiger partial charge >= 0.3 is 0 Å². The van der Waals surface area contributed by atoms with Crippen molar-refractivity contribution in [2.75, 3.05) is 11.6 Å². The molecule has 88 valence electrons. The van der Waals surface area contributed by atoms with Gasteiger partial charge in [-0.2, -0.15) is 0 Å². The van der Waals surface area contributed by atoms with Crippen LogP contribution in [0.5, 0.6) is 0 Å². The molecule has 0 radical (unpaired) electrons. The first kappa shape index (κ1) is 13.1. The standard InChI is InChI=1S/C12H18N2OS/c1-3-6-9(13)12(15)14-10-7-4-5-8-11(10)16-2/h4-5,7-9H,3,6,13H2,1-2H3,(H,14,15). The van der Waals surface area contributed by atoms with E-state index >= 15 is 0 Å². The molecule has 1 unspecified atom stereocenters. The Balaban J connectivity index is 2.69. The summed E-state index contributed by atoms with van der Waals surface area (Å²) < 4.78 is 0. The first-order chi connectivity index (χ1) is 7.69. The van der Waals surface area contributed by atoms with Gasteiger partial charge in [0.2, 0.25) is 5.91 Å². The van der Waals surface area contributed by atoms with Crippen LogP contribution in [-0.2, 0) is 4.79 Å². The maximum atomic E-state index is 11.7. The molecule has 0 aliphatic heterocycles. The molecule has 1 aromatic rings. The fourth-order valence-corrected chi connectivity index (χ4v) is 1.97. The number of amides is 1. The predicted molar refractivity (Wildman–Crippen MR) is 69.7 cm³/mol. The Morgan fingerprint density at radius 3 is 2.81 bits per heavy atom. The summed E-state index contributed by atoms with van der Waals surface area (Å²) in [5, 5.41) is 2.86. The number of carbonyl (C=O) groups excluding carboxylic acids is 1. The van der Waals surface area contributed by atoms with E-state index in [4.69, 9.17) is 5.73 Å². The van der Waals surface area contributed by atoms with E-state index < -0.39 is 6.04 Å². The number of hydrogen-bond donors (Lipinski definition) is 2. The van der Waals surface area contributed by atoms with Crippen LogP contribution in [0.2, 0.25) is 0 Å². The molecule has 0 saturated heterocycles. The van der Waals surface area contributed by atoms with Crippen LogP contribution in [0.15, 0.2) is 29.2 Å². The second-order valence-corrected chi connectivity index (χ2v) is 4.43. The molecule has 4 heteroatoms. The third kappa shape index (κ3) is 3.54. The number of anilines is 1. The molecule has 0 bridgehead atoms. The zero-order chi connectivity index (χ0) is 12.0. The topological polar surface area (TPSA) is 55.1 Å². The summed E-state index contributed by atoms with van der Waals surface area (Å²) in [7, 11) is 0. The van der Waals surface area contributed by atoms with Gasteiger partial charge in [0.05, 0.1) is 11.7 Å². The van der Waals surface area contributed by atoms with Gasteiger partial charge in [-0.1, -0.05) is 25.5 Å². The van der Waals surface area contributed by atoms with E-state index in [-0.39, 0.29) is 5.91 Å². The van der Waals surface area contributed by atoms with Crippen molar-refractivity contribution < 1.29 is 4.79 Å². The fraction of sp³-hybridized carbons (Fsp3) is 0.417. The van der Waals surface area contributed by atoms with E-state index in [1.807, 2.05) is 37.4 Å². The third-order valence-electron chi connectivity index (χ3n) is 2.30. The summed E-state index contributed by atoms with van der Waals surface area (Å²) >= 11 is 1.61. The van der Waals surface area contributed by atoms with Crippen molar-refractivity contribution in [2.24, 2.45) is 5.73 Å². The summed E-state index contributed by atoms with van der Waals surface area (Å²) in [4.78, 5) is 12.8. The second-order valence-electron chi connectivity index (χ2n) is 3.58. The van der Waals surface area contributed by atoms with Crippen molar-refractivity contribution >= 4 is 23.4 Å². The Kier molecular flexibility index (Phi) is 5.35. The van der Waals surface area contributed by atoms with E-state index in [9.17, 15) is 4.79 Å². The number of para-hydroxylation sites is 1. The highest BCUT2D eigenvalue weighted by Gasteiger charge is 2.13. The Hall–Kier alpha value is -1.00. The number of thioether (sulfide) groups is 1. The lowest BCUT2D eigenvalue weighted by atomic mass is 10.1. The Morgan fingerprint density at radius 2 is 2.19 bits per heavy atom. The van der Waals surface area contributed by atoms with Crippen LogP contribution < -0.4 is 11.1 Å². The van der Waals surface area contributed by atoms with Crippen molar-refractivity contribution in [3.63, 3.8) is 0 Å². The lowest BCUT2D eigenvalue weighted by Gasteiger charge is -2.13. The van der Waals surface area contributed by atoms with Crippen LogP contribution in [0.4, 0.5) is 5.69 Å². The van der Waals surface area contributed by atoms with Gasteiger partial charge in [0.1, 0.15) is 0 Å². The van der Waals surface area contributed by atoms with Gasteiger partial charge in [0.15, 0.2) is 0 Å². The highest BCUT2D eigenvalue weighted by atomic mass is 32.2. The minimum absolute atomic E-state index is 0.108. The zero-order valence-electron chi connectivity index (χ0n) is 9.69. The number of hydrogen-bond acceptors (Lipinski definition) is 3. The largest absolute Gasteiger partial charge is 0.324 e. The summed E-state index contributed by atoms with van der Waals surface area (Å²) in [6.07, 6.45) is 3.61. The number of benzene rings is 1. The first-order valence-electron chi connectivity index (χ1n) is 5.38. The van der Waals surface area contributed by atoms with Gasteiger partial charge in [-0.15, -0.1) is 11.8 Å². The molecule has 0 aromatic heterocycles. The quantitative estimate of drug-likeness (QED) is 0.775. The van der Waals surface area contributed by atoms with E-state index in [1.54, 1.807) is 11.8 Å². The van der Waals surface area contributed by atoms with Crippen LogP contribution in [0.1, 0.15) is 19.8 Å². The fourth-order valence-electron chi connectivity index (χ4n) is 1.42. The van der Waals surface area contributed by atoms with Crippen LogP contribution >= 0.6 is 11.8 Å². The van der Waals surface area contributed by atoms with Crippen LogP contribution in [0.3, 0.4) is 0 Å². The maximum absolute atomic E-state index is 11.7. The second kappa shape index (κ2) is 6.55. The smallest absolute Gasteiger partial charge is 0.241 e. The SMILES string of the molecule is CCCC(N)C(=O)Nc1ccccc1SC. The summed E-state index contributed by atoms with van der Waals surface area (Å²) in [5.74, 6) is -0.108. The molecule has 0 aliphatic carbocycles. The van der Waals surface area contributed by atoms with E-state index in [2.05, 4.69) is 5.32 Å². The molecule has 1 atom stereocenters. The third-order valence-corrected chi connectivity index (χ3v) is 3.10. The Bertz CT molecular complexity index is 355. The molecule has 0 fully saturated rings. The molecule has 0 aliphatic rings. The molecule has 3 nitrogen and oxygen atoms in total. The summed E-state index contributed by atoms with van der Waals surface area (Å²) in [6, 6.07) is 7.31. The van der Waals surface area contributed by atoms with Gasteiger partial charge in [-0.05, 0) is 24.8 Å². The van der Waals surface area contributed by atoms with Crippen molar-refractivity contribution in [2.45, 2.75) is 30.7 Å². The number of nitrogens with one attached hydrogen (secondary N) is 1. The molecule has 1 aromatic carbocycles. The molecule has 16 heavy (non-hydrogen) atoms. The highest BCUT2D eigenvalue weighted by molar-refractivity contribution is 7.98. The molecule has 3 N–H and O–H groups in total. The molecular formula is C12H18N2OS. The number of carbonyl (C=O) groups is 1. The van der Waals surface area contributed by atoms with Gasteiger partial charge in [0.25, 0.3) is 0 Å². The molecule has 1 amide bonds. The lowest BCUT2D eigenvalue weighted by molar-refractivity contribution is -0.117. The molecular weight excluding hydrogens is 220 g/mol. The first-order valence-corrected chi connectivity index (χ1v) is 6.61. The Labute approximate surface area is 101 Å². The highest BCUT2D eigenvalue weighted by Crippen LogP contribution is 2.24. The summed E-state index contributed by atoms with van der Waals surface area (Å²) in [5.41, 5.74) is 6.59. The minimum Gasteiger partial charge on any atom is -0.324 e. The predicted octanol–water partition coefficient (Wildman–Crippen LogP) is 2.47. The van der Waals surface area contributed by atoms with Crippen molar-refractivity contribution in [1.29, 1.82) is 0 Å². The van der Waals surface area contributed by atoms with Crippen molar-refractivity contribution in [1.82, 2.24) is 0 Å². The van der Waals surface area contributed by atoms with Crippen LogP contribution in [0, 0.1) is 0 Å². The molecule has 0 heterocycles. The maximum Gasteiger partial charge on any atom is 0.241 e. The zero-order valence-corrected chi connectivity index (χ0v) is 10.5. The van der Waals surface area contributed by atoms with Crippen LogP contribution in [0.25, 0.3) is 0 Å². The molecule has 0 spiro atoms. The molecule has 0 saturated carbocycles. The average Bonchev–Trinajstić information content (AvgIpc) is 2.30. The van der Waals surface area contributed by atoms with Crippen molar-refractivity contribution in [3.8, 4) is 0 Å². The Morgan fingerprint density at radius 1 is 1.50 bits per heavy atom. The van der Waals surface area contributed by atoms with Crippen LogP contribution in [-0.4, -0.2) is 18.2 Å². The van der Waals surface area contributed by atoms with Gasteiger partial charge in [-0.25, -0.2) is 0 Å². The number of rotatable bonds is 5. The average molecular weight is 238 g/mol. The van der Waals surface area contributed by atoms with Gasteiger partial charge < -0.3 is 11.1 Å². The van der Waals surface area contributed by atoms with E-state index in [0.29, 0.717) is 6.42 Å². The monoisotopic (exact) mass is 238 g/mol. The molecule has 1 rings (SSSR count). The normalized spacial score (nSPS) is 12.2. The minimum atomic E-state index is -0.417. The van der Waals surface area contributed by atoms with Crippen molar-refractivity contribution in [3.05, 3.63) is 24.3 Å². The summed E-state index contributed by atoms with van der Waals surface area (Å²) in [6.45, 7) is 2.02. The number of nitrogens with two attached hydrogens (primary N) is 1. The van der Waals surface area contributed by atoms with E-state index in [0.717, 1.165) is 17.0 Å². The van der Waals surface area contributed by atoms with E-state index in [1.165, 1.54) is 0 Å². The lowest BCUT2D eigenvalue weighted by Crippen LogP contribution is -2.35. The van der Waals surface area contributed by atoms with Gasteiger partial charge in [-0.3, -0.25) is 4.79 Å². The van der Waals surface area contributed by atoms with Gasteiger partial charge in [0, 0.05) is 4.90 Å².